The number of hydrogen-bond donors (Lipinski definition) is 1. The lowest BCUT2D eigenvalue weighted by Gasteiger charge is -2.04. The fourth-order valence-corrected chi connectivity index (χ4v) is 1.35. The van der Waals surface area contributed by atoms with Crippen LogP contribution in [0.1, 0.15) is 44.5 Å². The van der Waals surface area contributed by atoms with E-state index in [2.05, 4.69) is 15.5 Å². The molecule has 0 amide bonds. The maximum atomic E-state index is 5.37. The molecule has 1 fully saturated rings. The van der Waals surface area contributed by atoms with Crippen LogP contribution >= 0.6 is 0 Å². The van der Waals surface area contributed by atoms with Crippen molar-refractivity contribution in [2.45, 2.75) is 45.4 Å². The van der Waals surface area contributed by atoms with Gasteiger partial charge in [-0.2, -0.15) is 4.98 Å². The van der Waals surface area contributed by atoms with Crippen LogP contribution in [0.3, 0.4) is 0 Å². The average molecular weight is 211 g/mol. The van der Waals surface area contributed by atoms with Gasteiger partial charge in [0.2, 0.25) is 5.89 Å². The van der Waals surface area contributed by atoms with Crippen LogP contribution in [0.5, 0.6) is 0 Å². The van der Waals surface area contributed by atoms with Crippen molar-refractivity contribution in [3.8, 4) is 0 Å². The molecule has 0 aromatic carbocycles. The lowest BCUT2D eigenvalue weighted by atomic mass is 10.4. The van der Waals surface area contributed by atoms with Crippen LogP contribution in [-0.2, 0) is 11.3 Å². The van der Waals surface area contributed by atoms with Crippen LogP contribution in [0.15, 0.2) is 4.52 Å². The maximum absolute atomic E-state index is 5.37. The molecule has 1 N–H and O–H groups in total. The summed E-state index contributed by atoms with van der Waals surface area (Å²) in [7, 11) is 0. The normalized spacial score (nSPS) is 18.0. The molecule has 0 spiro atoms. The average Bonchev–Trinajstić information content (AvgIpc) is 2.93. The van der Waals surface area contributed by atoms with E-state index in [-0.39, 0.29) is 6.10 Å². The van der Waals surface area contributed by atoms with Crippen molar-refractivity contribution < 1.29 is 9.26 Å². The zero-order chi connectivity index (χ0) is 10.7. The topological polar surface area (TPSA) is 60.2 Å². The Bertz CT molecular complexity index is 309. The predicted molar refractivity (Wildman–Crippen MR) is 54.2 cm³/mol. The van der Waals surface area contributed by atoms with Crippen molar-refractivity contribution in [2.75, 3.05) is 6.61 Å². The Balaban J connectivity index is 1.84. The van der Waals surface area contributed by atoms with Crippen LogP contribution in [0.25, 0.3) is 0 Å². The number of ether oxygens (including phenoxy) is 1. The minimum absolute atomic E-state index is 0.0894. The second-order valence-electron chi connectivity index (χ2n) is 3.80. The number of hydrogen-bond acceptors (Lipinski definition) is 5. The van der Waals surface area contributed by atoms with Crippen LogP contribution in [0.4, 0.5) is 0 Å². The molecule has 1 unspecified atom stereocenters. The zero-order valence-electron chi connectivity index (χ0n) is 9.19. The minimum Gasteiger partial charge on any atom is -0.371 e. The van der Waals surface area contributed by atoms with Gasteiger partial charge in [0.15, 0.2) is 5.82 Å². The monoisotopic (exact) mass is 211 g/mol. The molecule has 1 heterocycles. The Hall–Kier alpha value is -0.940. The molecule has 1 atom stereocenters. The van der Waals surface area contributed by atoms with E-state index in [0.29, 0.717) is 30.9 Å². The van der Waals surface area contributed by atoms with Gasteiger partial charge in [0.25, 0.3) is 0 Å². The first-order valence-corrected chi connectivity index (χ1v) is 5.47. The highest BCUT2D eigenvalue weighted by molar-refractivity contribution is 4.91. The Morgan fingerprint density at radius 1 is 1.60 bits per heavy atom. The number of aromatic nitrogens is 2. The molecule has 0 saturated heterocycles. The highest BCUT2D eigenvalue weighted by Crippen LogP contribution is 2.19. The van der Waals surface area contributed by atoms with Gasteiger partial charge < -0.3 is 14.6 Å². The second kappa shape index (κ2) is 4.72. The molecule has 1 aromatic heterocycles. The van der Waals surface area contributed by atoms with E-state index in [1.165, 1.54) is 12.8 Å². The first-order chi connectivity index (χ1) is 7.29. The van der Waals surface area contributed by atoms with Crippen molar-refractivity contribution in [1.82, 2.24) is 15.5 Å². The van der Waals surface area contributed by atoms with E-state index < -0.39 is 0 Å². The van der Waals surface area contributed by atoms with Crippen LogP contribution in [-0.4, -0.2) is 22.8 Å². The van der Waals surface area contributed by atoms with Gasteiger partial charge in [0.05, 0.1) is 6.54 Å². The lowest BCUT2D eigenvalue weighted by Crippen LogP contribution is -2.15. The van der Waals surface area contributed by atoms with Crippen LogP contribution < -0.4 is 5.32 Å². The molecular weight excluding hydrogens is 194 g/mol. The van der Waals surface area contributed by atoms with E-state index in [0.717, 1.165) is 0 Å². The Kier molecular flexibility index (Phi) is 3.33. The second-order valence-corrected chi connectivity index (χ2v) is 3.80. The summed E-state index contributed by atoms with van der Waals surface area (Å²) >= 11 is 0. The van der Waals surface area contributed by atoms with Crippen LogP contribution in [0.2, 0.25) is 0 Å². The molecule has 2 rings (SSSR count). The van der Waals surface area contributed by atoms with Gasteiger partial charge in [-0.25, -0.2) is 0 Å². The number of nitrogens with zero attached hydrogens (tertiary/aromatic N) is 2. The third-order valence-electron chi connectivity index (χ3n) is 2.38. The highest BCUT2D eigenvalue weighted by Gasteiger charge is 2.21. The van der Waals surface area contributed by atoms with Gasteiger partial charge >= 0.3 is 0 Å². The fraction of sp³-hybridized carbons (Fsp3) is 0.800. The van der Waals surface area contributed by atoms with E-state index in [1.807, 2.05) is 13.8 Å². The molecule has 0 aliphatic heterocycles. The SMILES string of the molecule is CCOC(C)c1noc(CNC2CC2)n1. The number of nitrogens with one attached hydrogen (secondary N) is 1. The molecular formula is C10H17N3O2. The van der Waals surface area contributed by atoms with Crippen molar-refractivity contribution in [1.29, 1.82) is 0 Å². The molecule has 1 saturated carbocycles. The molecule has 1 aromatic rings. The minimum atomic E-state index is -0.0894. The standard InChI is InChI=1S/C10H17N3O2/c1-3-14-7(2)10-12-9(15-13-10)6-11-8-4-5-8/h7-8,11H,3-6H2,1-2H3. The zero-order valence-corrected chi connectivity index (χ0v) is 9.19. The first kappa shape index (κ1) is 10.6. The molecule has 1 aliphatic carbocycles. The quantitative estimate of drug-likeness (QED) is 0.771. The Morgan fingerprint density at radius 3 is 3.07 bits per heavy atom. The molecule has 15 heavy (non-hydrogen) atoms. The summed E-state index contributed by atoms with van der Waals surface area (Å²) in [4.78, 5) is 4.26. The summed E-state index contributed by atoms with van der Waals surface area (Å²) in [5, 5.41) is 7.20. The molecule has 0 bridgehead atoms. The van der Waals surface area contributed by atoms with Gasteiger partial charge in [0.1, 0.15) is 6.10 Å². The van der Waals surface area contributed by atoms with E-state index >= 15 is 0 Å². The molecule has 84 valence electrons. The van der Waals surface area contributed by atoms with Gasteiger partial charge in [-0.3, -0.25) is 0 Å². The lowest BCUT2D eigenvalue weighted by molar-refractivity contribution is 0.0683. The summed E-state index contributed by atoms with van der Waals surface area (Å²) in [6.07, 6.45) is 2.43. The van der Waals surface area contributed by atoms with E-state index in [1.54, 1.807) is 0 Å². The molecule has 0 radical (unpaired) electrons. The fourth-order valence-electron chi connectivity index (χ4n) is 1.35. The predicted octanol–water partition coefficient (Wildman–Crippen LogP) is 1.42. The smallest absolute Gasteiger partial charge is 0.240 e. The van der Waals surface area contributed by atoms with Crippen molar-refractivity contribution in [3.63, 3.8) is 0 Å². The van der Waals surface area contributed by atoms with E-state index in [4.69, 9.17) is 9.26 Å². The summed E-state index contributed by atoms with van der Waals surface area (Å²) in [6, 6.07) is 0.657. The van der Waals surface area contributed by atoms with Crippen molar-refractivity contribution in [2.24, 2.45) is 0 Å². The van der Waals surface area contributed by atoms with Gasteiger partial charge in [-0.05, 0) is 26.7 Å². The van der Waals surface area contributed by atoms with E-state index in [9.17, 15) is 0 Å². The summed E-state index contributed by atoms with van der Waals surface area (Å²) in [6.45, 7) is 5.19. The Labute approximate surface area is 89.2 Å². The Morgan fingerprint density at radius 2 is 2.40 bits per heavy atom. The van der Waals surface area contributed by atoms with Crippen molar-refractivity contribution >= 4 is 0 Å². The third-order valence-corrected chi connectivity index (χ3v) is 2.38. The summed E-state index contributed by atoms with van der Waals surface area (Å²) in [5.74, 6) is 1.27. The first-order valence-electron chi connectivity index (χ1n) is 5.47. The third kappa shape index (κ3) is 3.00. The van der Waals surface area contributed by atoms with Gasteiger partial charge in [-0.1, -0.05) is 5.16 Å². The van der Waals surface area contributed by atoms with Crippen LogP contribution in [0, 0.1) is 0 Å². The summed E-state index contributed by atoms with van der Waals surface area (Å²) < 4.78 is 10.5. The maximum Gasteiger partial charge on any atom is 0.240 e. The van der Waals surface area contributed by atoms with Gasteiger partial charge in [0, 0.05) is 12.6 Å². The largest absolute Gasteiger partial charge is 0.371 e. The molecule has 5 heteroatoms. The molecule has 5 nitrogen and oxygen atoms in total. The summed E-state index contributed by atoms with van der Waals surface area (Å²) in [5.41, 5.74) is 0. The highest BCUT2D eigenvalue weighted by atomic mass is 16.5. The van der Waals surface area contributed by atoms with Gasteiger partial charge in [-0.15, -0.1) is 0 Å². The van der Waals surface area contributed by atoms with Crippen molar-refractivity contribution in [3.05, 3.63) is 11.7 Å². The molecule has 1 aliphatic rings. The number of rotatable bonds is 6.